The number of nitrogens with one attached hydrogen (secondary N) is 1. The molecule has 2 N–H and O–H groups in total. The molecule has 0 radical (unpaired) electrons. The fourth-order valence-corrected chi connectivity index (χ4v) is 3.84. The third-order valence-corrected chi connectivity index (χ3v) is 5.81. The Balaban J connectivity index is 1.74. The summed E-state index contributed by atoms with van der Waals surface area (Å²) in [6.07, 6.45) is -0.847. The Labute approximate surface area is 213 Å². The number of rotatable bonds is 8. The second kappa shape index (κ2) is 12.3. The summed E-state index contributed by atoms with van der Waals surface area (Å²) < 4.78 is 4.99. The molecule has 1 saturated heterocycles. The van der Waals surface area contributed by atoms with Crippen LogP contribution >= 0.6 is 11.6 Å². The number of hydrogen-bond donors (Lipinski definition) is 2. The Kier molecular flexibility index (Phi) is 9.18. The highest BCUT2D eigenvalue weighted by Crippen LogP contribution is 2.19. The molecule has 2 aromatic rings. The average molecular weight is 518 g/mol. The summed E-state index contributed by atoms with van der Waals surface area (Å²) in [7, 11) is 0. The molecule has 1 aromatic heterocycles. The van der Waals surface area contributed by atoms with Crippen molar-refractivity contribution < 1.29 is 29.0 Å². The van der Waals surface area contributed by atoms with Crippen LogP contribution in [0, 0.1) is 6.92 Å². The number of hydrogen-bond acceptors (Lipinski definition) is 7. The topological polar surface area (TPSA) is 142 Å². The average Bonchev–Trinajstić information content (AvgIpc) is 2.86. The number of carbonyl (C=O) groups is 4. The van der Waals surface area contributed by atoms with Crippen molar-refractivity contribution >= 4 is 35.5 Å². The normalized spacial score (nSPS) is 14.2. The zero-order chi connectivity index (χ0) is 26.2. The fourth-order valence-electron chi connectivity index (χ4n) is 3.71. The predicted molar refractivity (Wildman–Crippen MR) is 131 cm³/mol. The van der Waals surface area contributed by atoms with Crippen LogP contribution in [0.4, 0.5) is 4.79 Å². The lowest BCUT2D eigenvalue weighted by molar-refractivity contribution is -0.138. The van der Waals surface area contributed by atoms with Gasteiger partial charge in [-0.05, 0) is 50.6 Å². The van der Waals surface area contributed by atoms with E-state index in [2.05, 4.69) is 15.3 Å². The number of carboxylic acid groups (broad SMARTS) is 1. The van der Waals surface area contributed by atoms with Gasteiger partial charge in [-0.25, -0.2) is 14.8 Å². The van der Waals surface area contributed by atoms with Gasteiger partial charge in [0.1, 0.15) is 11.7 Å². The molecule has 0 saturated carbocycles. The highest BCUT2D eigenvalue weighted by Gasteiger charge is 2.31. The lowest BCUT2D eigenvalue weighted by Crippen LogP contribution is -2.56. The molecule has 3 rings (SSSR count). The van der Waals surface area contributed by atoms with Crippen LogP contribution in [-0.2, 0) is 14.3 Å². The van der Waals surface area contributed by atoms with Gasteiger partial charge in [0.15, 0.2) is 5.82 Å². The van der Waals surface area contributed by atoms with E-state index in [1.54, 1.807) is 38.1 Å². The minimum Gasteiger partial charge on any atom is -0.481 e. The van der Waals surface area contributed by atoms with Crippen LogP contribution in [0.25, 0.3) is 11.4 Å². The Morgan fingerprint density at radius 2 is 1.72 bits per heavy atom. The maximum atomic E-state index is 13.2. The van der Waals surface area contributed by atoms with Crippen molar-refractivity contribution in [2.45, 2.75) is 32.7 Å². The third kappa shape index (κ3) is 7.14. The van der Waals surface area contributed by atoms with Crippen LogP contribution in [0.5, 0.6) is 0 Å². The van der Waals surface area contributed by atoms with Gasteiger partial charge in [0, 0.05) is 48.9 Å². The van der Waals surface area contributed by atoms with Gasteiger partial charge < -0.3 is 25.0 Å². The molecule has 1 aliphatic rings. The number of ether oxygens (including phenoxy) is 1. The molecule has 1 aromatic carbocycles. The summed E-state index contributed by atoms with van der Waals surface area (Å²) in [4.78, 5) is 61.1. The monoisotopic (exact) mass is 517 g/mol. The van der Waals surface area contributed by atoms with E-state index in [1.807, 2.05) is 0 Å². The number of carboxylic acids is 1. The number of nitrogens with zero attached hydrogens (tertiary/aromatic N) is 4. The summed E-state index contributed by atoms with van der Waals surface area (Å²) in [6.45, 7) is 4.72. The molecule has 0 aliphatic carbocycles. The lowest BCUT2D eigenvalue weighted by atomic mass is 10.1. The molecule has 0 bridgehead atoms. The van der Waals surface area contributed by atoms with Gasteiger partial charge in [-0.15, -0.1) is 0 Å². The van der Waals surface area contributed by atoms with Crippen molar-refractivity contribution in [1.29, 1.82) is 0 Å². The van der Waals surface area contributed by atoms with Crippen molar-refractivity contribution in [3.8, 4) is 11.4 Å². The number of benzene rings is 1. The predicted octanol–water partition coefficient (Wildman–Crippen LogP) is 2.37. The lowest BCUT2D eigenvalue weighted by Gasteiger charge is -2.35. The van der Waals surface area contributed by atoms with Crippen molar-refractivity contribution in [1.82, 2.24) is 25.1 Å². The van der Waals surface area contributed by atoms with E-state index in [9.17, 15) is 19.2 Å². The van der Waals surface area contributed by atoms with Crippen LogP contribution in [0.15, 0.2) is 30.3 Å². The first-order valence-corrected chi connectivity index (χ1v) is 11.9. The molecular formula is C24H28ClN5O6. The molecule has 36 heavy (non-hydrogen) atoms. The zero-order valence-corrected chi connectivity index (χ0v) is 20.8. The first-order valence-electron chi connectivity index (χ1n) is 11.5. The smallest absolute Gasteiger partial charge is 0.409 e. The van der Waals surface area contributed by atoms with E-state index < -0.39 is 29.9 Å². The van der Waals surface area contributed by atoms with Gasteiger partial charge in [0.2, 0.25) is 5.91 Å². The second-order valence-corrected chi connectivity index (χ2v) is 8.63. The van der Waals surface area contributed by atoms with Crippen LogP contribution in [-0.4, -0.2) is 87.6 Å². The Morgan fingerprint density at radius 3 is 2.33 bits per heavy atom. The van der Waals surface area contributed by atoms with E-state index >= 15 is 0 Å². The zero-order valence-electron chi connectivity index (χ0n) is 20.1. The Morgan fingerprint density at radius 1 is 1.08 bits per heavy atom. The largest absolute Gasteiger partial charge is 0.481 e. The Hall–Kier alpha value is -3.73. The van der Waals surface area contributed by atoms with E-state index in [4.69, 9.17) is 21.4 Å². The summed E-state index contributed by atoms with van der Waals surface area (Å²) >= 11 is 5.94. The molecule has 1 fully saturated rings. The SMILES string of the molecule is CCOC(=O)N1CCN(C(=O)C(CCC(=O)O)NC(=O)c2cc(C)nc(-c3ccc(Cl)cc3)n2)CC1. The molecule has 1 aliphatic heterocycles. The van der Waals surface area contributed by atoms with Crippen molar-refractivity contribution in [2.75, 3.05) is 32.8 Å². The maximum Gasteiger partial charge on any atom is 0.409 e. The Bertz CT molecular complexity index is 1120. The summed E-state index contributed by atoms with van der Waals surface area (Å²) in [6, 6.07) is 7.25. The molecule has 12 heteroatoms. The highest BCUT2D eigenvalue weighted by molar-refractivity contribution is 6.30. The van der Waals surface area contributed by atoms with E-state index in [-0.39, 0.29) is 51.3 Å². The van der Waals surface area contributed by atoms with E-state index in [0.717, 1.165) is 0 Å². The third-order valence-electron chi connectivity index (χ3n) is 5.56. The molecule has 1 unspecified atom stereocenters. The van der Waals surface area contributed by atoms with Crippen LogP contribution in [0.2, 0.25) is 5.02 Å². The molecular weight excluding hydrogens is 490 g/mol. The minimum absolute atomic E-state index is 0.0488. The number of piperazine rings is 1. The van der Waals surface area contributed by atoms with Crippen molar-refractivity contribution in [3.05, 3.63) is 46.7 Å². The van der Waals surface area contributed by atoms with E-state index in [0.29, 0.717) is 22.1 Å². The molecule has 192 valence electrons. The van der Waals surface area contributed by atoms with Gasteiger partial charge in [0.25, 0.3) is 5.91 Å². The summed E-state index contributed by atoms with van der Waals surface area (Å²) in [5, 5.41) is 12.3. The summed E-state index contributed by atoms with van der Waals surface area (Å²) in [5.74, 6) is -1.81. The van der Waals surface area contributed by atoms with Crippen LogP contribution in [0.1, 0.15) is 35.9 Å². The molecule has 0 spiro atoms. The van der Waals surface area contributed by atoms with Gasteiger partial charge in [-0.1, -0.05) is 11.6 Å². The first kappa shape index (κ1) is 26.9. The quantitative estimate of drug-likeness (QED) is 0.543. The standard InChI is InChI=1S/C24H28ClN5O6/c1-3-36-24(35)30-12-10-29(11-13-30)23(34)18(8-9-20(31)32)28-22(33)19-14-15(2)26-21(27-19)16-4-6-17(25)7-5-16/h4-7,14,18H,3,8-13H2,1-2H3,(H,28,33)(H,31,32). The van der Waals surface area contributed by atoms with Crippen LogP contribution in [0.3, 0.4) is 0 Å². The molecule has 1 atom stereocenters. The number of aliphatic carboxylic acids is 1. The van der Waals surface area contributed by atoms with Crippen molar-refractivity contribution in [2.24, 2.45) is 0 Å². The minimum atomic E-state index is -1.09. The molecule has 3 amide bonds. The van der Waals surface area contributed by atoms with Gasteiger partial charge in [-0.2, -0.15) is 0 Å². The number of aryl methyl sites for hydroxylation is 1. The fraction of sp³-hybridized carbons (Fsp3) is 0.417. The summed E-state index contributed by atoms with van der Waals surface area (Å²) in [5.41, 5.74) is 1.26. The van der Waals surface area contributed by atoms with E-state index in [1.165, 1.54) is 15.9 Å². The first-order chi connectivity index (χ1) is 17.2. The molecule has 11 nitrogen and oxygen atoms in total. The highest BCUT2D eigenvalue weighted by atomic mass is 35.5. The number of amides is 3. The number of carbonyl (C=O) groups excluding carboxylic acids is 3. The second-order valence-electron chi connectivity index (χ2n) is 8.19. The maximum absolute atomic E-state index is 13.2. The number of aromatic nitrogens is 2. The van der Waals surface area contributed by atoms with Crippen LogP contribution < -0.4 is 5.32 Å². The van der Waals surface area contributed by atoms with Gasteiger partial charge in [0.05, 0.1) is 6.61 Å². The van der Waals surface area contributed by atoms with Gasteiger partial charge >= 0.3 is 12.1 Å². The van der Waals surface area contributed by atoms with Crippen molar-refractivity contribution in [3.63, 3.8) is 0 Å². The molecule has 2 heterocycles. The number of halogens is 1. The van der Waals surface area contributed by atoms with Gasteiger partial charge in [-0.3, -0.25) is 14.4 Å².